The van der Waals surface area contributed by atoms with E-state index in [-0.39, 0.29) is 28.2 Å². The quantitative estimate of drug-likeness (QED) is 0.396. The molecule has 36 heavy (non-hydrogen) atoms. The Balaban J connectivity index is 1.52. The van der Waals surface area contributed by atoms with E-state index in [9.17, 15) is 19.8 Å². The Hall–Kier alpha value is -4.75. The van der Waals surface area contributed by atoms with Gasteiger partial charge in [0.1, 0.15) is 4.88 Å². The molecule has 0 atom stereocenters. The van der Waals surface area contributed by atoms with Crippen LogP contribution in [0.4, 0.5) is 0 Å². The molecule has 0 aliphatic carbocycles. The molecule has 0 amide bonds. The molecule has 4 aromatic heterocycles. The molecule has 0 saturated carbocycles. The van der Waals surface area contributed by atoms with Gasteiger partial charge in [0.15, 0.2) is 11.5 Å². The van der Waals surface area contributed by atoms with Crippen LogP contribution >= 0.6 is 11.3 Å². The number of ether oxygens (including phenoxy) is 2. The van der Waals surface area contributed by atoms with Gasteiger partial charge in [0.25, 0.3) is 0 Å². The van der Waals surface area contributed by atoms with E-state index in [1.165, 1.54) is 41.8 Å². The van der Waals surface area contributed by atoms with E-state index in [0.29, 0.717) is 36.0 Å². The number of carbonyl (C=O) groups is 2. The number of fused-ring (bicyclic) bond motifs is 1. The topological polar surface area (TPSA) is 132 Å². The normalized spacial score (nSPS) is 12.2. The average molecular weight is 500 g/mol. The van der Waals surface area contributed by atoms with Gasteiger partial charge in [-0.05, 0) is 42.3 Å². The van der Waals surface area contributed by atoms with Gasteiger partial charge < -0.3 is 19.7 Å². The number of nitrogens with zero attached hydrogens (tertiary/aromatic N) is 3. The zero-order valence-corrected chi connectivity index (χ0v) is 19.4. The van der Waals surface area contributed by atoms with E-state index < -0.39 is 11.9 Å². The van der Waals surface area contributed by atoms with Crippen LogP contribution in [0.25, 0.3) is 22.8 Å². The van der Waals surface area contributed by atoms with Gasteiger partial charge in [-0.15, -0.1) is 11.3 Å². The second kappa shape index (κ2) is 9.85. The maximum atomic E-state index is 11.8. The molecule has 5 rings (SSSR count). The average Bonchev–Trinajstić information content (AvgIpc) is 3.12. The fraction of sp³-hybridized carbons (Fsp3) is 0.115. The van der Waals surface area contributed by atoms with Gasteiger partial charge in [0, 0.05) is 29.8 Å². The molecule has 4 aromatic rings. The molecule has 0 spiro atoms. The summed E-state index contributed by atoms with van der Waals surface area (Å²) in [6.07, 6.45) is 3.70. The van der Waals surface area contributed by atoms with Crippen LogP contribution < -0.4 is 9.47 Å². The lowest BCUT2D eigenvalue weighted by molar-refractivity contribution is 0.0686. The maximum Gasteiger partial charge on any atom is 0.335 e. The summed E-state index contributed by atoms with van der Waals surface area (Å²) in [5, 5.41) is 20.8. The number of rotatable bonds is 4. The van der Waals surface area contributed by atoms with Crippen LogP contribution in [0.5, 0.6) is 11.5 Å². The summed E-state index contributed by atoms with van der Waals surface area (Å²) >= 11 is 1.44. The molecule has 178 valence electrons. The van der Waals surface area contributed by atoms with Crippen molar-refractivity contribution in [1.29, 1.82) is 0 Å². The molecule has 0 bridgehead atoms. The van der Waals surface area contributed by atoms with Gasteiger partial charge in [-0.25, -0.2) is 14.6 Å². The van der Waals surface area contributed by atoms with Crippen molar-refractivity contribution in [3.05, 3.63) is 75.7 Å². The second-order valence-electron chi connectivity index (χ2n) is 7.65. The standard InChI is InChI=1S/C26H17N3O6S/c30-25(31)16-5-7-28-19(11-16)21-13-17(26(32)33)12-20(29-21)18-10-15(4-6-27-18)2-3-23-24-22(14-36-23)34-8-1-9-35-24/h4-7,10-14H,1,8-9H2,(H,30,31)(H,32,33). The number of carboxylic acids is 2. The van der Waals surface area contributed by atoms with Crippen molar-refractivity contribution in [3.63, 3.8) is 0 Å². The minimum absolute atomic E-state index is 0.0142. The zero-order chi connectivity index (χ0) is 25.1. The van der Waals surface area contributed by atoms with Gasteiger partial charge in [-0.1, -0.05) is 5.92 Å². The van der Waals surface area contributed by atoms with Crippen LogP contribution in [0.2, 0.25) is 0 Å². The summed E-state index contributed by atoms with van der Waals surface area (Å²) in [7, 11) is 0. The van der Waals surface area contributed by atoms with Crippen LogP contribution in [-0.2, 0) is 0 Å². The van der Waals surface area contributed by atoms with Crippen LogP contribution in [0.3, 0.4) is 0 Å². The summed E-state index contributed by atoms with van der Waals surface area (Å²) in [5.74, 6) is 5.27. The molecule has 0 saturated heterocycles. The predicted octanol–water partition coefficient (Wildman–Crippen LogP) is 4.22. The predicted molar refractivity (Wildman–Crippen MR) is 131 cm³/mol. The summed E-state index contributed by atoms with van der Waals surface area (Å²) < 4.78 is 11.4. The zero-order valence-electron chi connectivity index (χ0n) is 18.6. The molecular weight excluding hydrogens is 482 g/mol. The number of aromatic nitrogens is 3. The van der Waals surface area contributed by atoms with Gasteiger partial charge in [-0.3, -0.25) is 9.97 Å². The molecule has 9 nitrogen and oxygen atoms in total. The molecule has 1 aliphatic rings. The van der Waals surface area contributed by atoms with Crippen LogP contribution in [-0.4, -0.2) is 50.3 Å². The third kappa shape index (κ3) is 4.87. The highest BCUT2D eigenvalue weighted by atomic mass is 32.1. The lowest BCUT2D eigenvalue weighted by Gasteiger charge is -2.07. The van der Waals surface area contributed by atoms with E-state index in [1.807, 2.05) is 5.38 Å². The maximum absolute atomic E-state index is 11.8. The highest BCUT2D eigenvalue weighted by Crippen LogP contribution is 2.38. The largest absolute Gasteiger partial charge is 0.489 e. The Bertz CT molecular complexity index is 1550. The Morgan fingerprint density at radius 1 is 0.833 bits per heavy atom. The van der Waals surface area contributed by atoms with Crippen molar-refractivity contribution in [1.82, 2.24) is 15.0 Å². The number of hydrogen-bond acceptors (Lipinski definition) is 8. The lowest BCUT2D eigenvalue weighted by atomic mass is 10.1. The molecule has 0 aromatic carbocycles. The number of carboxylic acid groups (broad SMARTS) is 2. The Labute approximate surface area is 209 Å². The highest BCUT2D eigenvalue weighted by molar-refractivity contribution is 7.11. The third-order valence-corrected chi connectivity index (χ3v) is 6.05. The van der Waals surface area contributed by atoms with E-state index >= 15 is 0 Å². The number of aromatic carboxylic acids is 2. The molecule has 0 radical (unpaired) electrons. The van der Waals surface area contributed by atoms with E-state index in [1.54, 1.807) is 18.3 Å². The first kappa shape index (κ1) is 23.0. The first-order chi connectivity index (χ1) is 17.5. The lowest BCUT2D eigenvalue weighted by Crippen LogP contribution is -2.02. The first-order valence-electron chi connectivity index (χ1n) is 10.8. The van der Waals surface area contributed by atoms with Crippen LogP contribution in [0, 0.1) is 11.8 Å². The van der Waals surface area contributed by atoms with Gasteiger partial charge in [-0.2, -0.15) is 0 Å². The summed E-state index contributed by atoms with van der Waals surface area (Å²) in [5.41, 5.74) is 1.77. The van der Waals surface area contributed by atoms with E-state index in [2.05, 4.69) is 26.8 Å². The van der Waals surface area contributed by atoms with Crippen LogP contribution in [0.1, 0.15) is 37.6 Å². The molecule has 2 N–H and O–H groups in total. The van der Waals surface area contributed by atoms with Crippen molar-refractivity contribution in [3.8, 4) is 46.1 Å². The molecular formula is C26H17N3O6S. The van der Waals surface area contributed by atoms with Gasteiger partial charge in [0.2, 0.25) is 0 Å². The molecule has 10 heteroatoms. The van der Waals surface area contributed by atoms with Crippen molar-refractivity contribution >= 4 is 23.3 Å². The molecule has 0 fully saturated rings. The van der Waals surface area contributed by atoms with E-state index in [0.717, 1.165) is 11.3 Å². The molecule has 1 aliphatic heterocycles. The Morgan fingerprint density at radius 3 is 2.25 bits per heavy atom. The van der Waals surface area contributed by atoms with Crippen molar-refractivity contribution in [2.45, 2.75) is 6.42 Å². The van der Waals surface area contributed by atoms with Crippen molar-refractivity contribution in [2.24, 2.45) is 0 Å². The monoisotopic (exact) mass is 499 g/mol. The summed E-state index contributed by atoms with van der Waals surface area (Å²) in [6.45, 7) is 1.17. The van der Waals surface area contributed by atoms with Crippen molar-refractivity contribution < 1.29 is 29.3 Å². The minimum Gasteiger partial charge on any atom is -0.489 e. The smallest absolute Gasteiger partial charge is 0.335 e. The minimum atomic E-state index is -1.16. The number of thiophene rings is 1. The fourth-order valence-electron chi connectivity index (χ4n) is 3.47. The summed E-state index contributed by atoms with van der Waals surface area (Å²) in [4.78, 5) is 36.9. The Kier molecular flexibility index (Phi) is 6.30. The third-order valence-electron chi connectivity index (χ3n) is 5.19. The number of hydrogen-bond donors (Lipinski definition) is 2. The van der Waals surface area contributed by atoms with Crippen molar-refractivity contribution in [2.75, 3.05) is 13.2 Å². The molecule has 5 heterocycles. The SMILES string of the molecule is O=C(O)c1ccnc(-c2cc(C(=O)O)cc(-c3cc(C#Cc4scc5c4OCCCO5)ccn3)n2)c1. The Morgan fingerprint density at radius 2 is 1.50 bits per heavy atom. The fourth-order valence-corrected chi connectivity index (χ4v) is 4.24. The van der Waals surface area contributed by atoms with Gasteiger partial charge >= 0.3 is 11.9 Å². The van der Waals surface area contributed by atoms with E-state index in [4.69, 9.17) is 9.47 Å². The van der Waals surface area contributed by atoms with Crippen LogP contribution in [0.15, 0.2) is 54.2 Å². The highest BCUT2D eigenvalue weighted by Gasteiger charge is 2.17. The number of pyridine rings is 3. The first-order valence-corrected chi connectivity index (χ1v) is 11.7. The summed E-state index contributed by atoms with van der Waals surface area (Å²) in [6, 6.07) is 8.87. The second-order valence-corrected chi connectivity index (χ2v) is 8.53. The molecule has 0 unspecified atom stereocenters. The van der Waals surface area contributed by atoms with Gasteiger partial charge in [0.05, 0.1) is 47.1 Å².